The molecule has 0 spiro atoms. The number of rotatable bonds is 6. The maximum atomic E-state index is 9.41. The first-order valence-electron chi connectivity index (χ1n) is 6.29. The highest BCUT2D eigenvalue weighted by Gasteiger charge is 2.13. The fourth-order valence-corrected chi connectivity index (χ4v) is 2.19. The average Bonchev–Trinajstić information content (AvgIpc) is 2.92. The number of hydrogen-bond donors (Lipinski definition) is 1. The SMILES string of the molecule is CCn1ccnc1COc1c(CO)cc(Cl)cc1OC. The Labute approximate surface area is 122 Å². The molecule has 0 bridgehead atoms. The van der Waals surface area contributed by atoms with E-state index in [-0.39, 0.29) is 6.61 Å². The zero-order valence-electron chi connectivity index (χ0n) is 11.5. The van der Waals surface area contributed by atoms with Gasteiger partial charge in [0.1, 0.15) is 12.4 Å². The van der Waals surface area contributed by atoms with Crippen LogP contribution < -0.4 is 9.47 Å². The van der Waals surface area contributed by atoms with Crippen LogP contribution in [0.15, 0.2) is 24.5 Å². The molecule has 0 unspecified atom stereocenters. The molecule has 1 heterocycles. The van der Waals surface area contributed by atoms with Crippen LogP contribution in [0.2, 0.25) is 5.02 Å². The second-order valence-electron chi connectivity index (χ2n) is 4.17. The van der Waals surface area contributed by atoms with Gasteiger partial charge in [0.05, 0.1) is 13.7 Å². The highest BCUT2D eigenvalue weighted by atomic mass is 35.5. The third-order valence-corrected chi connectivity index (χ3v) is 3.19. The standard InChI is InChI=1S/C14H17ClN2O3/c1-3-17-5-4-16-13(17)9-20-14-10(8-18)6-11(15)7-12(14)19-2/h4-7,18H,3,8-9H2,1-2H3. The predicted molar refractivity (Wildman–Crippen MR) is 76.2 cm³/mol. The van der Waals surface area contributed by atoms with Gasteiger partial charge in [0, 0.05) is 35.6 Å². The molecule has 108 valence electrons. The van der Waals surface area contributed by atoms with Gasteiger partial charge in [-0.05, 0) is 13.0 Å². The van der Waals surface area contributed by atoms with Crippen molar-refractivity contribution >= 4 is 11.6 Å². The van der Waals surface area contributed by atoms with Crippen LogP contribution in [0.4, 0.5) is 0 Å². The molecule has 2 aromatic rings. The second-order valence-corrected chi connectivity index (χ2v) is 4.61. The van der Waals surface area contributed by atoms with Crippen molar-refractivity contribution in [1.29, 1.82) is 0 Å². The Kier molecular flexibility index (Phi) is 4.87. The van der Waals surface area contributed by atoms with Crippen molar-refractivity contribution in [2.45, 2.75) is 26.7 Å². The van der Waals surface area contributed by atoms with Crippen LogP contribution in [-0.4, -0.2) is 21.8 Å². The summed E-state index contributed by atoms with van der Waals surface area (Å²) in [6, 6.07) is 3.31. The summed E-state index contributed by atoms with van der Waals surface area (Å²) in [6.07, 6.45) is 3.62. The lowest BCUT2D eigenvalue weighted by atomic mass is 10.2. The molecule has 5 nitrogen and oxygen atoms in total. The van der Waals surface area contributed by atoms with E-state index in [9.17, 15) is 5.11 Å². The minimum Gasteiger partial charge on any atom is -0.493 e. The van der Waals surface area contributed by atoms with Crippen LogP contribution in [-0.2, 0) is 19.8 Å². The number of aryl methyl sites for hydroxylation is 1. The van der Waals surface area contributed by atoms with Crippen LogP contribution in [0.3, 0.4) is 0 Å². The smallest absolute Gasteiger partial charge is 0.167 e. The minimum absolute atomic E-state index is 0.172. The van der Waals surface area contributed by atoms with Crippen LogP contribution in [0.25, 0.3) is 0 Å². The van der Waals surface area contributed by atoms with Gasteiger partial charge in [-0.25, -0.2) is 4.98 Å². The van der Waals surface area contributed by atoms with E-state index < -0.39 is 0 Å². The molecule has 1 aromatic carbocycles. The van der Waals surface area contributed by atoms with E-state index in [2.05, 4.69) is 4.98 Å². The van der Waals surface area contributed by atoms with E-state index in [0.29, 0.717) is 28.7 Å². The summed E-state index contributed by atoms with van der Waals surface area (Å²) in [7, 11) is 1.53. The van der Waals surface area contributed by atoms with Crippen LogP contribution in [0.5, 0.6) is 11.5 Å². The van der Waals surface area contributed by atoms with Crippen molar-refractivity contribution in [3.63, 3.8) is 0 Å². The van der Waals surface area contributed by atoms with E-state index >= 15 is 0 Å². The zero-order valence-corrected chi connectivity index (χ0v) is 12.2. The number of aliphatic hydroxyl groups is 1. The van der Waals surface area contributed by atoms with Gasteiger partial charge in [-0.2, -0.15) is 0 Å². The van der Waals surface area contributed by atoms with Crippen molar-refractivity contribution in [2.75, 3.05) is 7.11 Å². The molecule has 0 aliphatic heterocycles. The Morgan fingerprint density at radius 1 is 1.40 bits per heavy atom. The van der Waals surface area contributed by atoms with Gasteiger partial charge in [0.15, 0.2) is 11.5 Å². The summed E-state index contributed by atoms with van der Waals surface area (Å²) in [6.45, 7) is 2.98. The van der Waals surface area contributed by atoms with Gasteiger partial charge in [-0.3, -0.25) is 0 Å². The average molecular weight is 297 g/mol. The van der Waals surface area contributed by atoms with E-state index in [4.69, 9.17) is 21.1 Å². The number of nitrogens with zero attached hydrogens (tertiary/aromatic N) is 2. The molecule has 6 heteroatoms. The Bertz CT molecular complexity index is 559. The summed E-state index contributed by atoms with van der Waals surface area (Å²) in [5, 5.41) is 9.90. The molecule has 0 fully saturated rings. The number of hydrogen-bond acceptors (Lipinski definition) is 4. The first-order valence-corrected chi connectivity index (χ1v) is 6.67. The van der Waals surface area contributed by atoms with Gasteiger partial charge in [0.25, 0.3) is 0 Å². The molecule has 0 radical (unpaired) electrons. The molecule has 1 aromatic heterocycles. The molecule has 0 aliphatic carbocycles. The van der Waals surface area contributed by atoms with E-state index in [1.54, 1.807) is 18.3 Å². The monoisotopic (exact) mass is 296 g/mol. The highest BCUT2D eigenvalue weighted by molar-refractivity contribution is 6.30. The summed E-state index contributed by atoms with van der Waals surface area (Å²) in [4.78, 5) is 4.24. The van der Waals surface area contributed by atoms with E-state index in [0.717, 1.165) is 12.4 Å². The topological polar surface area (TPSA) is 56.5 Å². The van der Waals surface area contributed by atoms with Crippen LogP contribution >= 0.6 is 11.6 Å². The molecule has 0 saturated heterocycles. The minimum atomic E-state index is -0.172. The van der Waals surface area contributed by atoms with Gasteiger partial charge in [-0.15, -0.1) is 0 Å². The van der Waals surface area contributed by atoms with Crippen molar-refractivity contribution < 1.29 is 14.6 Å². The maximum absolute atomic E-state index is 9.41. The van der Waals surface area contributed by atoms with Crippen molar-refractivity contribution in [3.8, 4) is 11.5 Å². The van der Waals surface area contributed by atoms with Crippen molar-refractivity contribution in [3.05, 3.63) is 40.9 Å². The lowest BCUT2D eigenvalue weighted by Crippen LogP contribution is -2.07. The molecular weight excluding hydrogens is 280 g/mol. The molecule has 2 rings (SSSR count). The number of benzene rings is 1. The number of methoxy groups -OCH3 is 1. The van der Waals surface area contributed by atoms with Crippen LogP contribution in [0, 0.1) is 0 Å². The lowest BCUT2D eigenvalue weighted by Gasteiger charge is -2.15. The fourth-order valence-electron chi connectivity index (χ4n) is 1.96. The largest absolute Gasteiger partial charge is 0.493 e. The van der Waals surface area contributed by atoms with Crippen molar-refractivity contribution in [2.24, 2.45) is 0 Å². The number of aliphatic hydroxyl groups excluding tert-OH is 1. The van der Waals surface area contributed by atoms with E-state index in [1.165, 1.54) is 7.11 Å². The first kappa shape index (κ1) is 14.7. The Morgan fingerprint density at radius 3 is 2.85 bits per heavy atom. The normalized spacial score (nSPS) is 10.6. The Balaban J connectivity index is 2.24. The Morgan fingerprint density at radius 2 is 2.20 bits per heavy atom. The summed E-state index contributed by atoms with van der Waals surface area (Å²) < 4.78 is 13.0. The molecule has 0 atom stereocenters. The predicted octanol–water partition coefficient (Wildman–Crippen LogP) is 2.64. The number of aromatic nitrogens is 2. The molecular formula is C14H17ClN2O3. The van der Waals surface area contributed by atoms with E-state index in [1.807, 2.05) is 17.7 Å². The molecule has 0 amide bonds. The number of ether oxygens (including phenoxy) is 2. The quantitative estimate of drug-likeness (QED) is 0.890. The lowest BCUT2D eigenvalue weighted by molar-refractivity contribution is 0.244. The van der Waals surface area contributed by atoms with Gasteiger partial charge in [-0.1, -0.05) is 11.6 Å². The Hall–Kier alpha value is -1.72. The molecule has 0 aliphatic rings. The fraction of sp³-hybridized carbons (Fsp3) is 0.357. The molecule has 1 N–H and O–H groups in total. The third kappa shape index (κ3) is 3.05. The maximum Gasteiger partial charge on any atom is 0.167 e. The first-order chi connectivity index (χ1) is 9.69. The van der Waals surface area contributed by atoms with Gasteiger partial charge < -0.3 is 19.1 Å². The zero-order chi connectivity index (χ0) is 14.5. The van der Waals surface area contributed by atoms with Gasteiger partial charge in [0.2, 0.25) is 0 Å². The summed E-state index contributed by atoms with van der Waals surface area (Å²) >= 11 is 5.96. The summed E-state index contributed by atoms with van der Waals surface area (Å²) in [5.74, 6) is 1.80. The second kappa shape index (κ2) is 6.63. The third-order valence-electron chi connectivity index (χ3n) is 2.97. The molecule has 0 saturated carbocycles. The van der Waals surface area contributed by atoms with Gasteiger partial charge >= 0.3 is 0 Å². The number of imidazole rings is 1. The summed E-state index contributed by atoms with van der Waals surface area (Å²) in [5.41, 5.74) is 0.587. The molecule has 20 heavy (non-hydrogen) atoms. The number of halogens is 1. The highest BCUT2D eigenvalue weighted by Crippen LogP contribution is 2.35. The van der Waals surface area contributed by atoms with Crippen molar-refractivity contribution in [1.82, 2.24) is 9.55 Å². The van der Waals surface area contributed by atoms with Crippen LogP contribution in [0.1, 0.15) is 18.3 Å².